The molecule has 1 atom stereocenters. The highest BCUT2D eigenvalue weighted by Gasteiger charge is 2.25. The average molecular weight is 370 g/mol. The lowest BCUT2D eigenvalue weighted by molar-refractivity contribution is -0.119. The highest BCUT2D eigenvalue weighted by Crippen LogP contribution is 2.11. The van der Waals surface area contributed by atoms with Crippen molar-refractivity contribution in [1.82, 2.24) is 30.3 Å². The molecule has 0 saturated carbocycles. The van der Waals surface area contributed by atoms with Gasteiger partial charge in [0.25, 0.3) is 0 Å². The predicted molar refractivity (Wildman–Crippen MR) is 101 cm³/mol. The molecular formula is C19H26N6O2. The van der Waals surface area contributed by atoms with Crippen molar-refractivity contribution in [3.63, 3.8) is 0 Å². The van der Waals surface area contributed by atoms with Gasteiger partial charge in [-0.1, -0.05) is 6.07 Å². The number of nitrogens with zero attached hydrogens (tertiary/aromatic N) is 4. The number of aromatic nitrogens is 3. The van der Waals surface area contributed by atoms with E-state index in [0.717, 1.165) is 17.7 Å². The quantitative estimate of drug-likeness (QED) is 0.778. The first-order chi connectivity index (χ1) is 13.0. The summed E-state index contributed by atoms with van der Waals surface area (Å²) in [5.41, 5.74) is 1.76. The van der Waals surface area contributed by atoms with Crippen molar-refractivity contribution >= 4 is 11.9 Å². The maximum absolute atomic E-state index is 12.8. The fourth-order valence-corrected chi connectivity index (χ4v) is 3.03. The maximum atomic E-state index is 12.8. The number of hydrogen-bond donors (Lipinski definition) is 2. The van der Waals surface area contributed by atoms with Gasteiger partial charge < -0.3 is 15.5 Å². The largest absolute Gasteiger partial charge is 0.352 e. The molecule has 27 heavy (non-hydrogen) atoms. The van der Waals surface area contributed by atoms with Crippen LogP contribution in [0, 0.1) is 0 Å². The van der Waals surface area contributed by atoms with Crippen LogP contribution in [-0.4, -0.2) is 44.2 Å². The molecule has 8 nitrogen and oxygen atoms in total. The smallest absolute Gasteiger partial charge is 0.318 e. The zero-order valence-corrected chi connectivity index (χ0v) is 15.8. The highest BCUT2D eigenvalue weighted by atomic mass is 16.2. The zero-order valence-electron chi connectivity index (χ0n) is 15.8. The Balaban J connectivity index is 1.62. The molecule has 3 amide bonds. The number of amides is 3. The van der Waals surface area contributed by atoms with Crippen molar-refractivity contribution in [2.75, 3.05) is 6.54 Å². The first-order valence-corrected chi connectivity index (χ1v) is 9.26. The summed E-state index contributed by atoms with van der Waals surface area (Å²) in [4.78, 5) is 30.3. The standard InChI is InChI=1S/C19H26N6O2/c1-14(2)25-11-15(10-22-25)9-21-19(27)24(12-16-5-3-4-8-20-16)13-17-6-7-18(26)23-17/h3-5,8,10-11,14,17H,6-7,9,12-13H2,1-2H3,(H,21,27)(H,23,26)/t17-/m0/s1. The van der Waals surface area contributed by atoms with Gasteiger partial charge in [-0.25, -0.2) is 4.79 Å². The minimum Gasteiger partial charge on any atom is -0.352 e. The molecule has 8 heteroatoms. The number of carbonyl (C=O) groups excluding carboxylic acids is 2. The molecule has 1 aliphatic heterocycles. The minimum atomic E-state index is -0.181. The minimum absolute atomic E-state index is 0.0179. The molecule has 3 rings (SSSR count). The van der Waals surface area contributed by atoms with Gasteiger partial charge in [0.05, 0.1) is 18.4 Å². The monoisotopic (exact) mass is 370 g/mol. The summed E-state index contributed by atoms with van der Waals surface area (Å²) >= 11 is 0. The van der Waals surface area contributed by atoms with Crippen LogP contribution >= 0.6 is 0 Å². The van der Waals surface area contributed by atoms with Crippen LogP contribution in [0.25, 0.3) is 0 Å². The second-order valence-corrected chi connectivity index (χ2v) is 7.09. The predicted octanol–water partition coefficient (Wildman–Crippen LogP) is 1.85. The van der Waals surface area contributed by atoms with Gasteiger partial charge in [0.2, 0.25) is 5.91 Å². The lowest BCUT2D eigenvalue weighted by atomic mass is 10.2. The molecule has 0 bridgehead atoms. The zero-order chi connectivity index (χ0) is 19.2. The van der Waals surface area contributed by atoms with Crippen molar-refractivity contribution in [3.05, 3.63) is 48.0 Å². The van der Waals surface area contributed by atoms with Gasteiger partial charge in [-0.3, -0.25) is 14.5 Å². The summed E-state index contributed by atoms with van der Waals surface area (Å²) in [5, 5.41) is 10.2. The fourth-order valence-electron chi connectivity index (χ4n) is 3.03. The Bertz CT molecular complexity index is 774. The summed E-state index contributed by atoms with van der Waals surface area (Å²) in [5.74, 6) is 0.0410. The van der Waals surface area contributed by atoms with Crippen LogP contribution in [0.5, 0.6) is 0 Å². The molecule has 144 valence electrons. The Hall–Kier alpha value is -2.90. The molecule has 1 saturated heterocycles. The summed E-state index contributed by atoms with van der Waals surface area (Å²) < 4.78 is 1.86. The SMILES string of the molecule is CC(C)n1cc(CNC(=O)N(Cc2ccccn2)C[C@@H]2CCC(=O)N2)cn1. The Morgan fingerprint density at radius 2 is 2.30 bits per heavy atom. The summed E-state index contributed by atoms with van der Waals surface area (Å²) in [6, 6.07) is 5.71. The van der Waals surface area contributed by atoms with Crippen LogP contribution in [-0.2, 0) is 17.9 Å². The topological polar surface area (TPSA) is 92.2 Å². The third-order valence-corrected chi connectivity index (χ3v) is 4.52. The number of carbonyl (C=O) groups is 2. The molecule has 0 spiro atoms. The van der Waals surface area contributed by atoms with Crippen molar-refractivity contribution in [3.8, 4) is 0 Å². The number of nitrogens with one attached hydrogen (secondary N) is 2. The van der Waals surface area contributed by atoms with E-state index in [0.29, 0.717) is 26.1 Å². The van der Waals surface area contributed by atoms with E-state index in [1.807, 2.05) is 29.1 Å². The molecule has 2 aromatic heterocycles. The lowest BCUT2D eigenvalue weighted by Crippen LogP contribution is -2.45. The number of urea groups is 1. The van der Waals surface area contributed by atoms with Gasteiger partial charge in [0, 0.05) is 49.6 Å². The van der Waals surface area contributed by atoms with Gasteiger partial charge in [-0.05, 0) is 32.4 Å². The highest BCUT2D eigenvalue weighted by molar-refractivity contribution is 5.79. The Morgan fingerprint density at radius 1 is 1.44 bits per heavy atom. The van der Waals surface area contributed by atoms with Crippen molar-refractivity contribution in [1.29, 1.82) is 0 Å². The normalized spacial score (nSPS) is 16.4. The van der Waals surface area contributed by atoms with Crippen LogP contribution in [0.15, 0.2) is 36.8 Å². The summed E-state index contributed by atoms with van der Waals surface area (Å²) in [6.07, 6.45) is 6.67. The van der Waals surface area contributed by atoms with Crippen LogP contribution in [0.3, 0.4) is 0 Å². The van der Waals surface area contributed by atoms with Gasteiger partial charge >= 0.3 is 6.03 Å². The van der Waals surface area contributed by atoms with E-state index in [1.165, 1.54) is 0 Å². The van der Waals surface area contributed by atoms with E-state index in [2.05, 4.69) is 34.6 Å². The maximum Gasteiger partial charge on any atom is 0.318 e. The first kappa shape index (κ1) is 18.9. The van der Waals surface area contributed by atoms with Crippen LogP contribution in [0.4, 0.5) is 4.79 Å². The second-order valence-electron chi connectivity index (χ2n) is 7.09. The number of pyridine rings is 1. The van der Waals surface area contributed by atoms with Gasteiger partial charge in [0.15, 0.2) is 0 Å². The molecule has 1 fully saturated rings. The van der Waals surface area contributed by atoms with E-state index >= 15 is 0 Å². The molecule has 3 heterocycles. The molecule has 0 radical (unpaired) electrons. The van der Waals surface area contributed by atoms with E-state index in [4.69, 9.17) is 0 Å². The summed E-state index contributed by atoms with van der Waals surface area (Å²) in [6.45, 7) is 5.37. The van der Waals surface area contributed by atoms with E-state index in [9.17, 15) is 9.59 Å². The number of rotatable bonds is 7. The van der Waals surface area contributed by atoms with E-state index < -0.39 is 0 Å². The van der Waals surface area contributed by atoms with E-state index in [1.54, 1.807) is 17.3 Å². The molecule has 0 unspecified atom stereocenters. The molecule has 1 aliphatic rings. The van der Waals surface area contributed by atoms with Crippen molar-refractivity contribution in [2.45, 2.75) is 51.9 Å². The molecule has 2 aromatic rings. The van der Waals surface area contributed by atoms with Crippen LogP contribution in [0.1, 0.15) is 44.0 Å². The van der Waals surface area contributed by atoms with Crippen molar-refractivity contribution < 1.29 is 9.59 Å². The summed E-state index contributed by atoms with van der Waals surface area (Å²) in [7, 11) is 0. The van der Waals surface area contributed by atoms with Crippen LogP contribution in [0.2, 0.25) is 0 Å². The van der Waals surface area contributed by atoms with Gasteiger partial charge in [0.1, 0.15) is 0 Å². The van der Waals surface area contributed by atoms with Crippen LogP contribution < -0.4 is 10.6 Å². The van der Waals surface area contributed by atoms with E-state index in [-0.39, 0.29) is 24.0 Å². The average Bonchev–Trinajstić information content (AvgIpc) is 3.29. The van der Waals surface area contributed by atoms with Gasteiger partial charge in [-0.2, -0.15) is 5.10 Å². The lowest BCUT2D eigenvalue weighted by Gasteiger charge is -2.25. The number of hydrogen-bond acceptors (Lipinski definition) is 4. The molecule has 2 N–H and O–H groups in total. The first-order valence-electron chi connectivity index (χ1n) is 9.26. The molecule has 0 aromatic carbocycles. The van der Waals surface area contributed by atoms with Crippen molar-refractivity contribution in [2.24, 2.45) is 0 Å². The Labute approximate surface area is 159 Å². The Kier molecular flexibility index (Phi) is 6.05. The fraction of sp³-hybridized carbons (Fsp3) is 0.474. The van der Waals surface area contributed by atoms with Gasteiger partial charge in [-0.15, -0.1) is 0 Å². The third kappa shape index (κ3) is 5.29. The third-order valence-electron chi connectivity index (χ3n) is 4.52. The second kappa shape index (κ2) is 8.66. The molecule has 0 aliphatic carbocycles. The Morgan fingerprint density at radius 3 is 2.93 bits per heavy atom. The molecular weight excluding hydrogens is 344 g/mol.